The molecule has 1 aromatic carbocycles. The number of hydrogen-bond donors (Lipinski definition) is 1. The summed E-state index contributed by atoms with van der Waals surface area (Å²) < 4.78 is 0. The number of benzene rings is 1. The van der Waals surface area contributed by atoms with Gasteiger partial charge in [-0.05, 0) is 42.4 Å². The van der Waals surface area contributed by atoms with Gasteiger partial charge < -0.3 is 5.11 Å². The van der Waals surface area contributed by atoms with Gasteiger partial charge >= 0.3 is 0 Å². The molecule has 1 heteroatoms. The maximum Gasteiger partial charge on any atom is 0.0682 e. The normalized spacial score (nSPS) is 20.0. The number of aryl methyl sites for hydroxylation is 1. The van der Waals surface area contributed by atoms with E-state index in [4.69, 9.17) is 0 Å². The lowest BCUT2D eigenvalue weighted by atomic mass is 9.87. The van der Waals surface area contributed by atoms with Crippen molar-refractivity contribution < 1.29 is 5.11 Å². The monoisotopic (exact) mass is 216 g/mol. The van der Waals surface area contributed by atoms with Gasteiger partial charge in [0.25, 0.3) is 0 Å². The Morgan fingerprint density at radius 2 is 2.06 bits per heavy atom. The second-order valence-corrected chi connectivity index (χ2v) is 4.56. The molecule has 0 amide bonds. The van der Waals surface area contributed by atoms with E-state index in [0.717, 1.165) is 12.0 Å². The Balaban J connectivity index is 2.31. The summed E-state index contributed by atoms with van der Waals surface area (Å²) in [7, 11) is 0. The van der Waals surface area contributed by atoms with Crippen LogP contribution in [0.2, 0.25) is 0 Å². The topological polar surface area (TPSA) is 20.2 Å². The molecule has 86 valence electrons. The molecule has 0 heterocycles. The summed E-state index contributed by atoms with van der Waals surface area (Å²) in [5.74, 6) is 0.561. The van der Waals surface area contributed by atoms with Gasteiger partial charge in [0.15, 0.2) is 0 Å². The first-order valence-corrected chi connectivity index (χ1v) is 6.23. The molecule has 0 aromatic heterocycles. The van der Waals surface area contributed by atoms with Gasteiger partial charge in [0.2, 0.25) is 0 Å². The van der Waals surface area contributed by atoms with Crippen molar-refractivity contribution in [1.82, 2.24) is 0 Å². The molecule has 2 rings (SSSR count). The summed E-state index contributed by atoms with van der Waals surface area (Å²) in [5.41, 5.74) is 3.76. The third kappa shape index (κ3) is 2.53. The largest absolute Gasteiger partial charge is 0.392 e. The molecule has 1 atom stereocenters. The van der Waals surface area contributed by atoms with E-state index in [0.29, 0.717) is 5.92 Å². The molecule has 0 bridgehead atoms. The van der Waals surface area contributed by atoms with Crippen LogP contribution in [0.5, 0.6) is 0 Å². The SMILES string of the molecule is CCc1cc(CO)cc(C2C=CCCC2)c1. The quantitative estimate of drug-likeness (QED) is 0.766. The van der Waals surface area contributed by atoms with Crippen LogP contribution in [0.3, 0.4) is 0 Å². The van der Waals surface area contributed by atoms with Crippen LogP contribution in [0.4, 0.5) is 0 Å². The predicted molar refractivity (Wildman–Crippen MR) is 67.5 cm³/mol. The van der Waals surface area contributed by atoms with Gasteiger partial charge in [0.05, 0.1) is 6.61 Å². The average molecular weight is 216 g/mol. The summed E-state index contributed by atoms with van der Waals surface area (Å²) in [6.07, 6.45) is 9.39. The molecule has 0 fully saturated rings. The van der Waals surface area contributed by atoms with Crippen molar-refractivity contribution in [2.75, 3.05) is 0 Å². The highest BCUT2D eigenvalue weighted by atomic mass is 16.3. The Morgan fingerprint density at radius 3 is 2.69 bits per heavy atom. The van der Waals surface area contributed by atoms with E-state index in [1.54, 1.807) is 0 Å². The maximum absolute atomic E-state index is 9.26. The van der Waals surface area contributed by atoms with Crippen molar-refractivity contribution in [2.45, 2.75) is 45.1 Å². The maximum atomic E-state index is 9.26. The second-order valence-electron chi connectivity index (χ2n) is 4.56. The molecule has 1 aliphatic rings. The minimum atomic E-state index is 0.150. The van der Waals surface area contributed by atoms with Crippen LogP contribution < -0.4 is 0 Å². The smallest absolute Gasteiger partial charge is 0.0682 e. The minimum Gasteiger partial charge on any atom is -0.392 e. The van der Waals surface area contributed by atoms with Crippen LogP contribution in [0, 0.1) is 0 Å². The van der Waals surface area contributed by atoms with Gasteiger partial charge in [-0.2, -0.15) is 0 Å². The lowest BCUT2D eigenvalue weighted by molar-refractivity contribution is 0.281. The first-order chi connectivity index (χ1) is 7.83. The van der Waals surface area contributed by atoms with Crippen LogP contribution >= 0.6 is 0 Å². The number of rotatable bonds is 3. The fourth-order valence-electron chi connectivity index (χ4n) is 2.39. The highest BCUT2D eigenvalue weighted by Crippen LogP contribution is 2.29. The van der Waals surface area contributed by atoms with Crippen LogP contribution in [0.1, 0.15) is 48.8 Å². The summed E-state index contributed by atoms with van der Waals surface area (Å²) in [5, 5.41) is 9.26. The van der Waals surface area contributed by atoms with E-state index in [2.05, 4.69) is 37.3 Å². The number of hydrogen-bond acceptors (Lipinski definition) is 1. The zero-order valence-electron chi connectivity index (χ0n) is 9.95. The first-order valence-electron chi connectivity index (χ1n) is 6.23. The van der Waals surface area contributed by atoms with E-state index in [1.807, 2.05) is 0 Å². The Bertz CT molecular complexity index is 357. The molecule has 0 aliphatic heterocycles. The van der Waals surface area contributed by atoms with E-state index in [9.17, 15) is 5.11 Å². The van der Waals surface area contributed by atoms with Gasteiger partial charge in [0.1, 0.15) is 0 Å². The lowest BCUT2D eigenvalue weighted by Crippen LogP contribution is -2.01. The standard InChI is InChI=1S/C15H20O/c1-2-12-8-13(11-16)10-15(9-12)14-6-4-3-5-7-14/h4,6,8-10,14,16H,2-3,5,7,11H2,1H3. The molecule has 1 aromatic rings. The van der Waals surface area contributed by atoms with Gasteiger partial charge in [0, 0.05) is 5.92 Å². The zero-order chi connectivity index (χ0) is 11.4. The summed E-state index contributed by atoms with van der Waals surface area (Å²) in [6.45, 7) is 2.31. The molecular weight excluding hydrogens is 196 g/mol. The zero-order valence-corrected chi connectivity index (χ0v) is 9.95. The summed E-state index contributed by atoms with van der Waals surface area (Å²) in [6, 6.07) is 6.55. The summed E-state index contributed by atoms with van der Waals surface area (Å²) in [4.78, 5) is 0. The molecule has 1 aliphatic carbocycles. The lowest BCUT2D eigenvalue weighted by Gasteiger charge is -2.18. The van der Waals surface area contributed by atoms with Crippen molar-refractivity contribution in [1.29, 1.82) is 0 Å². The van der Waals surface area contributed by atoms with Crippen molar-refractivity contribution in [2.24, 2.45) is 0 Å². The van der Waals surface area contributed by atoms with Crippen molar-refractivity contribution in [3.8, 4) is 0 Å². The highest BCUT2D eigenvalue weighted by Gasteiger charge is 2.12. The first kappa shape index (κ1) is 11.4. The van der Waals surface area contributed by atoms with E-state index >= 15 is 0 Å². The minimum absolute atomic E-state index is 0.150. The van der Waals surface area contributed by atoms with E-state index < -0.39 is 0 Å². The van der Waals surface area contributed by atoms with Gasteiger partial charge in [-0.15, -0.1) is 0 Å². The Hall–Kier alpha value is -1.08. The molecule has 0 saturated heterocycles. The Morgan fingerprint density at radius 1 is 1.25 bits per heavy atom. The molecule has 1 N–H and O–H groups in total. The Labute approximate surface area is 97.8 Å². The van der Waals surface area contributed by atoms with Crippen LogP contribution in [-0.2, 0) is 13.0 Å². The third-order valence-electron chi connectivity index (χ3n) is 3.35. The fourth-order valence-corrected chi connectivity index (χ4v) is 2.39. The third-order valence-corrected chi connectivity index (χ3v) is 3.35. The van der Waals surface area contributed by atoms with Crippen LogP contribution in [-0.4, -0.2) is 5.11 Å². The van der Waals surface area contributed by atoms with Gasteiger partial charge in [-0.3, -0.25) is 0 Å². The van der Waals surface area contributed by atoms with Crippen LogP contribution in [0.15, 0.2) is 30.4 Å². The molecule has 0 saturated carbocycles. The number of aliphatic hydroxyl groups is 1. The van der Waals surface area contributed by atoms with E-state index in [1.165, 1.54) is 30.4 Å². The van der Waals surface area contributed by atoms with Crippen molar-refractivity contribution in [3.05, 3.63) is 47.0 Å². The molecule has 16 heavy (non-hydrogen) atoms. The molecule has 1 nitrogen and oxygen atoms in total. The van der Waals surface area contributed by atoms with Crippen LogP contribution in [0.25, 0.3) is 0 Å². The van der Waals surface area contributed by atoms with E-state index in [-0.39, 0.29) is 6.61 Å². The van der Waals surface area contributed by atoms with Gasteiger partial charge in [-0.25, -0.2) is 0 Å². The molecule has 0 spiro atoms. The fraction of sp³-hybridized carbons (Fsp3) is 0.467. The van der Waals surface area contributed by atoms with Crippen molar-refractivity contribution >= 4 is 0 Å². The molecule has 1 unspecified atom stereocenters. The second kappa shape index (κ2) is 5.31. The predicted octanol–water partition coefficient (Wildman–Crippen LogP) is 3.57. The highest BCUT2D eigenvalue weighted by molar-refractivity contribution is 5.34. The molecule has 0 radical (unpaired) electrons. The Kier molecular flexibility index (Phi) is 3.79. The molecular formula is C15H20O. The number of allylic oxidation sites excluding steroid dienone is 2. The van der Waals surface area contributed by atoms with Gasteiger partial charge in [-0.1, -0.05) is 37.3 Å². The van der Waals surface area contributed by atoms with Crippen molar-refractivity contribution in [3.63, 3.8) is 0 Å². The average Bonchev–Trinajstić information content (AvgIpc) is 2.39. The summed E-state index contributed by atoms with van der Waals surface area (Å²) >= 11 is 0. The number of aliphatic hydroxyl groups excluding tert-OH is 1.